The Morgan fingerprint density at radius 3 is 2.70 bits per heavy atom. The fourth-order valence-electron chi connectivity index (χ4n) is 1.57. The first-order valence-electron chi connectivity index (χ1n) is 5.92. The number of anilines is 1. The maximum absolute atomic E-state index is 12.9. The smallest absolute Gasteiger partial charge is 0.323 e. The van der Waals surface area contributed by atoms with Gasteiger partial charge in [-0.3, -0.25) is 0 Å². The molecule has 2 rings (SSSR count). The summed E-state index contributed by atoms with van der Waals surface area (Å²) >= 11 is 0. The molecule has 2 aromatic carbocycles. The maximum atomic E-state index is 12.9. The number of phenolic OH excluding ortho intramolecular Hbond substituents is 1. The minimum Gasteiger partial charge on any atom is -0.508 e. The number of halogens is 1. The van der Waals surface area contributed by atoms with Crippen LogP contribution in [0, 0.1) is 5.82 Å². The van der Waals surface area contributed by atoms with E-state index in [1.54, 1.807) is 30.3 Å². The number of phenols is 1. The molecule has 2 aromatic rings. The predicted octanol–water partition coefficient (Wildman–Crippen LogP) is 3.32. The van der Waals surface area contributed by atoms with Gasteiger partial charge < -0.3 is 15.7 Å². The SMILES string of the molecule is O=C(N/C=C/c1cccc(F)c1)Nc1cccc(O)c1. The molecule has 0 atom stereocenters. The molecular formula is C15H13FN2O2. The van der Waals surface area contributed by atoms with Crippen LogP contribution in [0.25, 0.3) is 6.08 Å². The summed E-state index contributed by atoms with van der Waals surface area (Å²) in [7, 11) is 0. The van der Waals surface area contributed by atoms with Crippen LogP contribution in [0.1, 0.15) is 5.56 Å². The largest absolute Gasteiger partial charge is 0.508 e. The lowest BCUT2D eigenvalue weighted by atomic mass is 10.2. The average Bonchev–Trinajstić information content (AvgIpc) is 2.38. The fraction of sp³-hybridized carbons (Fsp3) is 0. The third-order valence-electron chi connectivity index (χ3n) is 2.44. The van der Waals surface area contributed by atoms with Crippen molar-refractivity contribution in [2.45, 2.75) is 0 Å². The van der Waals surface area contributed by atoms with E-state index in [1.807, 2.05) is 0 Å². The van der Waals surface area contributed by atoms with Crippen molar-refractivity contribution in [3.63, 3.8) is 0 Å². The van der Waals surface area contributed by atoms with Gasteiger partial charge in [0, 0.05) is 18.0 Å². The van der Waals surface area contributed by atoms with Crippen LogP contribution in [0.2, 0.25) is 0 Å². The minimum atomic E-state index is -0.455. The molecule has 3 N–H and O–H groups in total. The van der Waals surface area contributed by atoms with E-state index in [1.165, 1.54) is 30.5 Å². The Morgan fingerprint density at radius 2 is 1.95 bits per heavy atom. The lowest BCUT2D eigenvalue weighted by Gasteiger charge is -2.04. The molecule has 0 heterocycles. The van der Waals surface area contributed by atoms with E-state index in [9.17, 15) is 14.3 Å². The van der Waals surface area contributed by atoms with Crippen LogP contribution in [-0.4, -0.2) is 11.1 Å². The van der Waals surface area contributed by atoms with Crippen molar-refractivity contribution in [2.24, 2.45) is 0 Å². The van der Waals surface area contributed by atoms with Crippen LogP contribution in [0.3, 0.4) is 0 Å². The van der Waals surface area contributed by atoms with E-state index >= 15 is 0 Å². The van der Waals surface area contributed by atoms with Gasteiger partial charge in [-0.25, -0.2) is 9.18 Å². The molecule has 0 radical (unpaired) electrons. The van der Waals surface area contributed by atoms with Gasteiger partial charge in [0.05, 0.1) is 0 Å². The first-order valence-corrected chi connectivity index (χ1v) is 5.92. The van der Waals surface area contributed by atoms with E-state index in [0.29, 0.717) is 11.3 Å². The van der Waals surface area contributed by atoms with Gasteiger partial charge in [-0.05, 0) is 35.9 Å². The van der Waals surface area contributed by atoms with Crippen molar-refractivity contribution in [3.05, 3.63) is 66.1 Å². The monoisotopic (exact) mass is 272 g/mol. The summed E-state index contributed by atoms with van der Waals surface area (Å²) in [6.07, 6.45) is 2.98. The van der Waals surface area contributed by atoms with Crippen LogP contribution in [0.4, 0.5) is 14.9 Å². The summed E-state index contributed by atoms with van der Waals surface area (Å²) < 4.78 is 12.9. The number of amides is 2. The van der Waals surface area contributed by atoms with Gasteiger partial charge in [0.15, 0.2) is 0 Å². The average molecular weight is 272 g/mol. The zero-order valence-corrected chi connectivity index (χ0v) is 10.5. The molecule has 20 heavy (non-hydrogen) atoms. The molecule has 2 amide bonds. The molecule has 0 aliphatic rings. The number of benzene rings is 2. The van der Waals surface area contributed by atoms with E-state index in [-0.39, 0.29) is 11.6 Å². The summed E-state index contributed by atoms with van der Waals surface area (Å²) in [6, 6.07) is 11.7. The lowest BCUT2D eigenvalue weighted by molar-refractivity contribution is 0.255. The quantitative estimate of drug-likeness (QED) is 0.802. The van der Waals surface area contributed by atoms with Crippen LogP contribution in [0.15, 0.2) is 54.7 Å². The standard InChI is InChI=1S/C15H13FN2O2/c16-12-4-1-3-11(9-12)7-8-17-15(20)18-13-5-2-6-14(19)10-13/h1-10,19H,(H2,17,18,20)/b8-7+. The summed E-state index contributed by atoms with van der Waals surface area (Å²) in [6.45, 7) is 0. The van der Waals surface area contributed by atoms with Crippen molar-refractivity contribution in [1.29, 1.82) is 0 Å². The zero-order valence-electron chi connectivity index (χ0n) is 10.5. The van der Waals surface area contributed by atoms with Crippen LogP contribution >= 0.6 is 0 Å². The molecule has 0 fully saturated rings. The molecule has 0 bridgehead atoms. The second-order valence-electron chi connectivity index (χ2n) is 4.04. The molecule has 0 aromatic heterocycles. The van der Waals surface area contributed by atoms with Gasteiger partial charge in [0.25, 0.3) is 0 Å². The molecule has 0 aliphatic heterocycles. The van der Waals surface area contributed by atoms with E-state index in [2.05, 4.69) is 10.6 Å². The van der Waals surface area contributed by atoms with E-state index in [4.69, 9.17) is 0 Å². The van der Waals surface area contributed by atoms with Crippen molar-refractivity contribution in [1.82, 2.24) is 5.32 Å². The van der Waals surface area contributed by atoms with Crippen LogP contribution in [0.5, 0.6) is 5.75 Å². The Hall–Kier alpha value is -2.82. The van der Waals surface area contributed by atoms with E-state index in [0.717, 1.165) is 0 Å². The topological polar surface area (TPSA) is 61.4 Å². The van der Waals surface area contributed by atoms with Crippen molar-refractivity contribution in [3.8, 4) is 5.75 Å². The Kier molecular flexibility index (Phi) is 4.34. The minimum absolute atomic E-state index is 0.0677. The van der Waals surface area contributed by atoms with E-state index < -0.39 is 6.03 Å². The highest BCUT2D eigenvalue weighted by Gasteiger charge is 1.99. The molecule has 102 valence electrons. The van der Waals surface area contributed by atoms with Crippen LogP contribution in [-0.2, 0) is 0 Å². The Balaban J connectivity index is 1.89. The molecule has 0 aliphatic carbocycles. The number of aromatic hydroxyl groups is 1. The van der Waals surface area contributed by atoms with Crippen molar-refractivity contribution < 1.29 is 14.3 Å². The molecule has 0 saturated carbocycles. The highest BCUT2D eigenvalue weighted by molar-refractivity contribution is 5.90. The first kappa shape index (κ1) is 13.6. The number of carbonyl (C=O) groups is 1. The third-order valence-corrected chi connectivity index (χ3v) is 2.44. The Labute approximate surface area is 115 Å². The molecule has 0 unspecified atom stereocenters. The third kappa shape index (κ3) is 4.13. The van der Waals surface area contributed by atoms with Crippen LogP contribution < -0.4 is 10.6 Å². The number of hydrogen-bond acceptors (Lipinski definition) is 2. The number of hydrogen-bond donors (Lipinski definition) is 3. The predicted molar refractivity (Wildman–Crippen MR) is 75.7 cm³/mol. The molecule has 0 saturated heterocycles. The van der Waals surface area contributed by atoms with Gasteiger partial charge in [-0.1, -0.05) is 18.2 Å². The highest BCUT2D eigenvalue weighted by Crippen LogP contribution is 2.14. The summed E-state index contributed by atoms with van der Waals surface area (Å²) in [5.74, 6) is -0.269. The maximum Gasteiger partial charge on any atom is 0.323 e. The van der Waals surface area contributed by atoms with Crippen molar-refractivity contribution in [2.75, 3.05) is 5.32 Å². The Morgan fingerprint density at radius 1 is 1.15 bits per heavy atom. The molecule has 4 nitrogen and oxygen atoms in total. The number of nitrogens with one attached hydrogen (secondary N) is 2. The Bertz CT molecular complexity index is 641. The van der Waals surface area contributed by atoms with Gasteiger partial charge in [-0.15, -0.1) is 0 Å². The molecule has 0 spiro atoms. The highest BCUT2D eigenvalue weighted by atomic mass is 19.1. The van der Waals surface area contributed by atoms with Gasteiger partial charge >= 0.3 is 6.03 Å². The van der Waals surface area contributed by atoms with Gasteiger partial charge in [-0.2, -0.15) is 0 Å². The molecular weight excluding hydrogens is 259 g/mol. The normalized spacial score (nSPS) is 10.4. The number of urea groups is 1. The fourth-order valence-corrected chi connectivity index (χ4v) is 1.57. The lowest BCUT2D eigenvalue weighted by Crippen LogP contribution is -2.23. The summed E-state index contributed by atoms with van der Waals surface area (Å²) in [4.78, 5) is 11.6. The van der Waals surface area contributed by atoms with Crippen molar-refractivity contribution >= 4 is 17.8 Å². The van der Waals surface area contributed by atoms with Gasteiger partial charge in [0.2, 0.25) is 0 Å². The first-order chi connectivity index (χ1) is 9.63. The zero-order chi connectivity index (χ0) is 14.4. The summed E-state index contributed by atoms with van der Waals surface area (Å²) in [5, 5.41) is 14.3. The van der Waals surface area contributed by atoms with Gasteiger partial charge in [0.1, 0.15) is 11.6 Å². The number of rotatable bonds is 3. The number of carbonyl (C=O) groups excluding carboxylic acids is 1. The molecule has 5 heteroatoms. The second-order valence-corrected chi connectivity index (χ2v) is 4.04. The summed E-state index contributed by atoms with van der Waals surface area (Å²) in [5.41, 5.74) is 1.12. The second kappa shape index (κ2) is 6.38.